The van der Waals surface area contributed by atoms with Crippen LogP contribution in [0.25, 0.3) is 10.2 Å². The Kier molecular flexibility index (Phi) is 6.22. The number of halogens is 1. The number of thiophene rings is 1. The number of aromatic amines is 1. The SMILES string of the molecule is CC(C)(C)C1CCc2c(sc3nc(CCC(=O)NCc4ccc(Cl)cc4)[nH]c(=O)c23)C1. The van der Waals surface area contributed by atoms with Gasteiger partial charge in [0.05, 0.1) is 5.39 Å². The Bertz CT molecular complexity index is 1160. The van der Waals surface area contributed by atoms with E-state index in [1.54, 1.807) is 23.5 Å². The second-order valence-electron chi connectivity index (χ2n) is 9.41. The van der Waals surface area contributed by atoms with E-state index in [-0.39, 0.29) is 23.3 Å². The molecule has 1 aromatic carbocycles. The molecule has 2 N–H and O–H groups in total. The molecule has 0 radical (unpaired) electrons. The highest BCUT2D eigenvalue weighted by atomic mass is 35.5. The fourth-order valence-electron chi connectivity index (χ4n) is 4.21. The summed E-state index contributed by atoms with van der Waals surface area (Å²) in [5.41, 5.74) is 2.36. The van der Waals surface area contributed by atoms with Gasteiger partial charge in [-0.1, -0.05) is 44.5 Å². The van der Waals surface area contributed by atoms with Crippen molar-refractivity contribution >= 4 is 39.1 Å². The fraction of sp³-hybridized carbons (Fsp3) is 0.458. The van der Waals surface area contributed by atoms with E-state index >= 15 is 0 Å². The maximum absolute atomic E-state index is 12.8. The molecule has 2 aromatic heterocycles. The van der Waals surface area contributed by atoms with Gasteiger partial charge in [0.15, 0.2) is 0 Å². The van der Waals surface area contributed by atoms with E-state index in [0.29, 0.717) is 29.7 Å². The topological polar surface area (TPSA) is 74.8 Å². The predicted octanol–water partition coefficient (Wildman–Crippen LogP) is 5.04. The molecule has 5 nitrogen and oxygen atoms in total. The van der Waals surface area contributed by atoms with E-state index in [4.69, 9.17) is 16.6 Å². The van der Waals surface area contributed by atoms with Crippen LogP contribution in [0.4, 0.5) is 0 Å². The number of hydrogen-bond acceptors (Lipinski definition) is 4. The molecule has 0 fully saturated rings. The standard InChI is InChI=1S/C24H28ClN3O2S/c1-24(2,3)15-6-9-17-18(12-15)31-23-21(17)22(30)27-19(28-23)10-11-20(29)26-13-14-4-7-16(25)8-5-14/h4-5,7-8,15H,6,9-13H2,1-3H3,(H,26,29)(H,27,28,30). The summed E-state index contributed by atoms with van der Waals surface area (Å²) >= 11 is 7.53. The van der Waals surface area contributed by atoms with Crippen LogP contribution in [0.5, 0.6) is 0 Å². The molecule has 0 spiro atoms. The average molecular weight is 458 g/mol. The Hall–Kier alpha value is -2.18. The quantitative estimate of drug-likeness (QED) is 0.563. The van der Waals surface area contributed by atoms with Gasteiger partial charge in [-0.15, -0.1) is 11.3 Å². The molecule has 3 aromatic rings. The van der Waals surface area contributed by atoms with E-state index in [2.05, 4.69) is 31.1 Å². The summed E-state index contributed by atoms with van der Waals surface area (Å²) in [7, 11) is 0. The summed E-state index contributed by atoms with van der Waals surface area (Å²) in [6, 6.07) is 7.38. The van der Waals surface area contributed by atoms with Gasteiger partial charge < -0.3 is 10.3 Å². The van der Waals surface area contributed by atoms with Gasteiger partial charge in [-0.25, -0.2) is 4.98 Å². The molecule has 4 rings (SSSR count). The van der Waals surface area contributed by atoms with Crippen LogP contribution >= 0.6 is 22.9 Å². The van der Waals surface area contributed by atoms with Crippen molar-refractivity contribution in [3.05, 3.63) is 61.5 Å². The fourth-order valence-corrected chi connectivity index (χ4v) is 5.65. The van der Waals surface area contributed by atoms with Gasteiger partial charge in [-0.05, 0) is 53.9 Å². The molecule has 1 atom stereocenters. The number of rotatable bonds is 5. The molecule has 164 valence electrons. The number of fused-ring (bicyclic) bond motifs is 3. The van der Waals surface area contributed by atoms with Crippen LogP contribution in [0.15, 0.2) is 29.1 Å². The Morgan fingerprint density at radius 1 is 1.29 bits per heavy atom. The minimum atomic E-state index is -0.0757. The highest BCUT2D eigenvalue weighted by molar-refractivity contribution is 7.18. The van der Waals surface area contributed by atoms with E-state index in [0.717, 1.165) is 35.0 Å². The molecular formula is C24H28ClN3O2S. The third-order valence-corrected chi connectivity index (χ3v) is 7.58. The van der Waals surface area contributed by atoms with Crippen LogP contribution in [-0.4, -0.2) is 15.9 Å². The molecule has 0 saturated heterocycles. The lowest BCUT2D eigenvalue weighted by atomic mass is 9.72. The van der Waals surface area contributed by atoms with Gasteiger partial charge in [0.25, 0.3) is 5.56 Å². The summed E-state index contributed by atoms with van der Waals surface area (Å²) in [5.74, 6) is 1.12. The molecule has 1 unspecified atom stereocenters. The minimum Gasteiger partial charge on any atom is -0.352 e. The van der Waals surface area contributed by atoms with Crippen molar-refractivity contribution in [2.45, 2.75) is 59.4 Å². The van der Waals surface area contributed by atoms with Crippen LogP contribution in [-0.2, 0) is 30.6 Å². The molecule has 1 amide bonds. The highest BCUT2D eigenvalue weighted by Gasteiger charge is 2.31. The van der Waals surface area contributed by atoms with Crippen molar-refractivity contribution in [1.82, 2.24) is 15.3 Å². The van der Waals surface area contributed by atoms with Crippen molar-refractivity contribution in [3.63, 3.8) is 0 Å². The first-order valence-corrected chi connectivity index (χ1v) is 11.9. The Balaban J connectivity index is 1.43. The molecule has 7 heteroatoms. The van der Waals surface area contributed by atoms with Gasteiger partial charge in [0.2, 0.25) is 5.91 Å². The first-order valence-electron chi connectivity index (χ1n) is 10.8. The van der Waals surface area contributed by atoms with Crippen LogP contribution < -0.4 is 10.9 Å². The normalized spacial score (nSPS) is 16.3. The van der Waals surface area contributed by atoms with Crippen molar-refractivity contribution in [1.29, 1.82) is 0 Å². The number of aryl methyl sites for hydroxylation is 2. The largest absolute Gasteiger partial charge is 0.352 e. The Morgan fingerprint density at radius 2 is 2.03 bits per heavy atom. The van der Waals surface area contributed by atoms with E-state index < -0.39 is 0 Å². The van der Waals surface area contributed by atoms with Crippen molar-refractivity contribution in [2.75, 3.05) is 0 Å². The maximum Gasteiger partial charge on any atom is 0.259 e. The highest BCUT2D eigenvalue weighted by Crippen LogP contribution is 2.41. The predicted molar refractivity (Wildman–Crippen MR) is 127 cm³/mol. The molecule has 0 saturated carbocycles. The monoisotopic (exact) mass is 457 g/mol. The zero-order valence-corrected chi connectivity index (χ0v) is 19.8. The van der Waals surface area contributed by atoms with Gasteiger partial charge in [-0.3, -0.25) is 9.59 Å². The summed E-state index contributed by atoms with van der Waals surface area (Å²) < 4.78 is 0. The van der Waals surface area contributed by atoms with Crippen LogP contribution in [0.1, 0.15) is 55.4 Å². The summed E-state index contributed by atoms with van der Waals surface area (Å²) in [4.78, 5) is 34.7. The third kappa shape index (κ3) is 5.01. The lowest BCUT2D eigenvalue weighted by Gasteiger charge is -2.33. The first kappa shape index (κ1) is 22.0. The molecule has 1 aliphatic rings. The third-order valence-electron chi connectivity index (χ3n) is 6.18. The van der Waals surface area contributed by atoms with Gasteiger partial charge in [-0.2, -0.15) is 0 Å². The number of amides is 1. The van der Waals surface area contributed by atoms with E-state index in [1.807, 2.05) is 12.1 Å². The summed E-state index contributed by atoms with van der Waals surface area (Å²) in [6.45, 7) is 7.32. The van der Waals surface area contributed by atoms with Crippen LogP contribution in [0.3, 0.4) is 0 Å². The second-order valence-corrected chi connectivity index (χ2v) is 10.9. The molecule has 0 aliphatic heterocycles. The molecule has 1 aliphatic carbocycles. The zero-order chi connectivity index (χ0) is 22.2. The zero-order valence-electron chi connectivity index (χ0n) is 18.2. The summed E-state index contributed by atoms with van der Waals surface area (Å²) in [6.07, 6.45) is 3.75. The van der Waals surface area contributed by atoms with Gasteiger partial charge >= 0.3 is 0 Å². The molecule has 2 heterocycles. The lowest BCUT2D eigenvalue weighted by molar-refractivity contribution is -0.121. The average Bonchev–Trinajstić information content (AvgIpc) is 3.09. The number of nitrogens with zero attached hydrogens (tertiary/aromatic N) is 1. The number of carbonyl (C=O) groups is 1. The van der Waals surface area contributed by atoms with Crippen molar-refractivity contribution in [3.8, 4) is 0 Å². The second kappa shape index (κ2) is 8.75. The Morgan fingerprint density at radius 3 is 2.74 bits per heavy atom. The lowest BCUT2D eigenvalue weighted by Crippen LogP contribution is -2.26. The maximum atomic E-state index is 12.8. The van der Waals surface area contributed by atoms with E-state index in [1.165, 1.54) is 10.4 Å². The number of carbonyl (C=O) groups excluding carboxylic acids is 1. The number of H-pyrrole nitrogens is 1. The number of benzene rings is 1. The van der Waals surface area contributed by atoms with Gasteiger partial charge in [0.1, 0.15) is 10.7 Å². The van der Waals surface area contributed by atoms with Crippen molar-refractivity contribution in [2.24, 2.45) is 11.3 Å². The molecule has 0 bridgehead atoms. The van der Waals surface area contributed by atoms with E-state index in [9.17, 15) is 9.59 Å². The van der Waals surface area contributed by atoms with Crippen LogP contribution in [0, 0.1) is 11.3 Å². The first-order chi connectivity index (χ1) is 14.7. The summed E-state index contributed by atoms with van der Waals surface area (Å²) in [5, 5.41) is 4.32. The minimum absolute atomic E-state index is 0.0730. The number of hydrogen-bond donors (Lipinski definition) is 2. The number of aromatic nitrogens is 2. The number of nitrogens with one attached hydrogen (secondary N) is 2. The van der Waals surface area contributed by atoms with Gasteiger partial charge in [0, 0.05) is 29.3 Å². The molecular weight excluding hydrogens is 430 g/mol. The van der Waals surface area contributed by atoms with Crippen LogP contribution in [0.2, 0.25) is 5.02 Å². The van der Waals surface area contributed by atoms with Crippen molar-refractivity contribution < 1.29 is 4.79 Å². The molecule has 31 heavy (non-hydrogen) atoms. The Labute approximate surface area is 191 Å². The smallest absolute Gasteiger partial charge is 0.259 e.